The summed E-state index contributed by atoms with van der Waals surface area (Å²) in [5, 5.41) is 2.90. The highest BCUT2D eigenvalue weighted by Crippen LogP contribution is 2.31. The fraction of sp³-hybridized carbons (Fsp3) is 0.462. The number of rotatable bonds is 2. The molecule has 18 heavy (non-hydrogen) atoms. The largest absolute Gasteiger partial charge is 0.355 e. The molecule has 3 N–H and O–H groups in total. The molecule has 0 radical (unpaired) electrons. The number of anilines is 1. The number of amides is 1. The van der Waals surface area contributed by atoms with Crippen molar-refractivity contribution in [1.82, 2.24) is 5.32 Å². The SMILES string of the molecule is CC1(C)C(=O)NCCN1c1ccc(Br)cc1CN. The van der Waals surface area contributed by atoms with Gasteiger partial charge in [0, 0.05) is 29.8 Å². The molecule has 1 fully saturated rings. The van der Waals surface area contributed by atoms with Crippen LogP contribution in [0.1, 0.15) is 19.4 Å². The third kappa shape index (κ3) is 2.24. The average molecular weight is 312 g/mol. The van der Waals surface area contributed by atoms with Gasteiger partial charge in [-0.15, -0.1) is 0 Å². The number of nitrogens with zero attached hydrogens (tertiary/aromatic N) is 1. The van der Waals surface area contributed by atoms with Crippen LogP contribution in [0.25, 0.3) is 0 Å². The fourth-order valence-electron chi connectivity index (χ4n) is 2.30. The molecule has 0 aromatic heterocycles. The molecule has 1 aromatic carbocycles. The number of carbonyl (C=O) groups excluding carboxylic acids is 1. The summed E-state index contributed by atoms with van der Waals surface area (Å²) < 4.78 is 1.01. The first-order valence-corrected chi connectivity index (χ1v) is 6.80. The van der Waals surface area contributed by atoms with Gasteiger partial charge in [0.15, 0.2) is 0 Å². The smallest absolute Gasteiger partial charge is 0.245 e. The normalized spacial score (nSPS) is 18.7. The molecule has 1 heterocycles. The van der Waals surface area contributed by atoms with Crippen molar-refractivity contribution in [2.24, 2.45) is 5.73 Å². The van der Waals surface area contributed by atoms with Crippen LogP contribution in [0.15, 0.2) is 22.7 Å². The Hall–Kier alpha value is -1.07. The summed E-state index contributed by atoms with van der Waals surface area (Å²) in [6.07, 6.45) is 0. The highest BCUT2D eigenvalue weighted by atomic mass is 79.9. The van der Waals surface area contributed by atoms with Gasteiger partial charge in [-0.1, -0.05) is 15.9 Å². The lowest BCUT2D eigenvalue weighted by Crippen LogP contribution is -2.62. The molecule has 5 heteroatoms. The van der Waals surface area contributed by atoms with Crippen LogP contribution in [0.2, 0.25) is 0 Å². The Morgan fingerprint density at radius 3 is 2.89 bits per heavy atom. The predicted molar refractivity (Wildman–Crippen MR) is 76.5 cm³/mol. The van der Waals surface area contributed by atoms with Gasteiger partial charge in [0.2, 0.25) is 5.91 Å². The van der Waals surface area contributed by atoms with Gasteiger partial charge >= 0.3 is 0 Å². The van der Waals surface area contributed by atoms with Gasteiger partial charge in [-0.05, 0) is 37.6 Å². The second kappa shape index (κ2) is 4.90. The van der Waals surface area contributed by atoms with Gasteiger partial charge in [0.25, 0.3) is 0 Å². The van der Waals surface area contributed by atoms with Crippen molar-refractivity contribution in [2.45, 2.75) is 25.9 Å². The van der Waals surface area contributed by atoms with E-state index in [1.54, 1.807) is 0 Å². The Morgan fingerprint density at radius 1 is 1.50 bits per heavy atom. The van der Waals surface area contributed by atoms with E-state index in [4.69, 9.17) is 5.73 Å². The second-order valence-electron chi connectivity index (χ2n) is 4.94. The summed E-state index contributed by atoms with van der Waals surface area (Å²) in [4.78, 5) is 14.1. The molecule has 1 aliphatic rings. The van der Waals surface area contributed by atoms with Gasteiger partial charge in [0.05, 0.1) is 0 Å². The van der Waals surface area contributed by atoms with E-state index in [0.29, 0.717) is 13.1 Å². The molecule has 1 saturated heterocycles. The minimum Gasteiger partial charge on any atom is -0.355 e. The lowest BCUT2D eigenvalue weighted by atomic mass is 9.96. The van der Waals surface area contributed by atoms with Gasteiger partial charge in [-0.25, -0.2) is 0 Å². The van der Waals surface area contributed by atoms with Crippen molar-refractivity contribution in [1.29, 1.82) is 0 Å². The molecular formula is C13H18BrN3O. The fourth-order valence-corrected chi connectivity index (χ4v) is 2.71. The molecule has 98 valence electrons. The maximum atomic E-state index is 12.0. The van der Waals surface area contributed by atoms with E-state index in [-0.39, 0.29) is 5.91 Å². The highest BCUT2D eigenvalue weighted by molar-refractivity contribution is 9.10. The highest BCUT2D eigenvalue weighted by Gasteiger charge is 2.38. The maximum absolute atomic E-state index is 12.0. The number of piperazine rings is 1. The standard InChI is InChI=1S/C13H18BrN3O/c1-13(2)12(18)16-5-6-17(13)11-4-3-10(14)7-9(11)8-15/h3-4,7H,5-6,8,15H2,1-2H3,(H,16,18). The van der Waals surface area contributed by atoms with E-state index in [0.717, 1.165) is 22.3 Å². The summed E-state index contributed by atoms with van der Waals surface area (Å²) >= 11 is 3.45. The minimum atomic E-state index is -0.546. The topological polar surface area (TPSA) is 58.4 Å². The van der Waals surface area contributed by atoms with Crippen LogP contribution in [-0.4, -0.2) is 24.5 Å². The molecule has 0 aliphatic carbocycles. The lowest BCUT2D eigenvalue weighted by Gasteiger charge is -2.43. The van der Waals surface area contributed by atoms with Crippen molar-refractivity contribution >= 4 is 27.5 Å². The number of hydrogen-bond acceptors (Lipinski definition) is 3. The third-order valence-electron chi connectivity index (χ3n) is 3.40. The number of hydrogen-bond donors (Lipinski definition) is 2. The van der Waals surface area contributed by atoms with Gasteiger partial charge in [-0.2, -0.15) is 0 Å². The lowest BCUT2D eigenvalue weighted by molar-refractivity contribution is -0.126. The van der Waals surface area contributed by atoms with Crippen molar-refractivity contribution in [3.05, 3.63) is 28.2 Å². The molecule has 1 aliphatic heterocycles. The molecule has 4 nitrogen and oxygen atoms in total. The quantitative estimate of drug-likeness (QED) is 0.872. The Bertz CT molecular complexity index is 473. The zero-order valence-electron chi connectivity index (χ0n) is 10.7. The van der Waals surface area contributed by atoms with Crippen LogP contribution in [0, 0.1) is 0 Å². The first-order chi connectivity index (χ1) is 8.46. The molecule has 2 rings (SSSR count). The molecule has 0 atom stereocenters. The van der Waals surface area contributed by atoms with E-state index in [1.807, 2.05) is 32.0 Å². The van der Waals surface area contributed by atoms with E-state index in [9.17, 15) is 4.79 Å². The summed E-state index contributed by atoms with van der Waals surface area (Å²) in [7, 11) is 0. The van der Waals surface area contributed by atoms with E-state index in [2.05, 4.69) is 26.1 Å². The average Bonchev–Trinajstić information content (AvgIpc) is 2.33. The summed E-state index contributed by atoms with van der Waals surface area (Å²) in [5.41, 5.74) is 7.35. The van der Waals surface area contributed by atoms with Crippen molar-refractivity contribution < 1.29 is 4.79 Å². The molecule has 0 bridgehead atoms. The first kappa shape index (κ1) is 13.4. The molecule has 1 aromatic rings. The molecule has 0 spiro atoms. The number of carbonyl (C=O) groups is 1. The number of nitrogens with one attached hydrogen (secondary N) is 1. The van der Waals surface area contributed by atoms with Crippen LogP contribution in [0.3, 0.4) is 0 Å². The molecular weight excluding hydrogens is 294 g/mol. The Balaban J connectivity index is 2.44. The zero-order chi connectivity index (χ0) is 13.3. The predicted octanol–water partition coefficient (Wildman–Crippen LogP) is 1.62. The number of halogens is 1. The Labute approximate surface area is 116 Å². The van der Waals surface area contributed by atoms with E-state index < -0.39 is 5.54 Å². The van der Waals surface area contributed by atoms with Crippen molar-refractivity contribution in [2.75, 3.05) is 18.0 Å². The summed E-state index contributed by atoms with van der Waals surface area (Å²) in [5.74, 6) is 0.0552. The monoisotopic (exact) mass is 311 g/mol. The van der Waals surface area contributed by atoms with Gasteiger partial charge < -0.3 is 16.0 Å². The zero-order valence-corrected chi connectivity index (χ0v) is 12.3. The molecule has 1 amide bonds. The van der Waals surface area contributed by atoms with E-state index >= 15 is 0 Å². The molecule has 0 unspecified atom stereocenters. The Kier molecular flexibility index (Phi) is 3.64. The van der Waals surface area contributed by atoms with Crippen molar-refractivity contribution in [3.63, 3.8) is 0 Å². The number of benzene rings is 1. The third-order valence-corrected chi connectivity index (χ3v) is 3.90. The minimum absolute atomic E-state index is 0.0552. The Morgan fingerprint density at radius 2 is 2.22 bits per heavy atom. The number of nitrogens with two attached hydrogens (primary N) is 1. The van der Waals surface area contributed by atoms with Crippen molar-refractivity contribution in [3.8, 4) is 0 Å². The van der Waals surface area contributed by atoms with Gasteiger partial charge in [-0.3, -0.25) is 4.79 Å². The van der Waals surface area contributed by atoms with Crippen LogP contribution < -0.4 is 16.0 Å². The van der Waals surface area contributed by atoms with Crippen LogP contribution in [0.4, 0.5) is 5.69 Å². The summed E-state index contributed by atoms with van der Waals surface area (Å²) in [6, 6.07) is 6.02. The molecule has 0 saturated carbocycles. The van der Waals surface area contributed by atoms with Gasteiger partial charge in [0.1, 0.15) is 5.54 Å². The van der Waals surface area contributed by atoms with Crippen LogP contribution >= 0.6 is 15.9 Å². The van der Waals surface area contributed by atoms with Crippen LogP contribution in [-0.2, 0) is 11.3 Å². The van der Waals surface area contributed by atoms with E-state index in [1.165, 1.54) is 0 Å². The first-order valence-electron chi connectivity index (χ1n) is 6.01. The summed E-state index contributed by atoms with van der Waals surface area (Å²) in [6.45, 7) is 5.80. The van der Waals surface area contributed by atoms with Crippen LogP contribution in [0.5, 0.6) is 0 Å². The second-order valence-corrected chi connectivity index (χ2v) is 5.86. The maximum Gasteiger partial charge on any atom is 0.245 e.